The molecule has 0 radical (unpaired) electrons. The maximum atomic E-state index is 12.4. The van der Waals surface area contributed by atoms with E-state index in [0.29, 0.717) is 23.7 Å². The number of carbonyl (C=O) groups excluding carboxylic acids is 1. The third-order valence-corrected chi connectivity index (χ3v) is 4.24. The van der Waals surface area contributed by atoms with Gasteiger partial charge in [0.1, 0.15) is 0 Å². The fourth-order valence-corrected chi connectivity index (χ4v) is 2.53. The molecule has 0 saturated carbocycles. The summed E-state index contributed by atoms with van der Waals surface area (Å²) in [6, 6.07) is 12.9. The van der Waals surface area contributed by atoms with Gasteiger partial charge in [0.2, 0.25) is 0 Å². The molecule has 0 spiro atoms. The van der Waals surface area contributed by atoms with Crippen molar-refractivity contribution in [3.8, 4) is 11.5 Å². The molecule has 0 saturated heterocycles. The Bertz CT molecular complexity index is 673. The van der Waals surface area contributed by atoms with E-state index in [1.165, 1.54) is 0 Å². The summed E-state index contributed by atoms with van der Waals surface area (Å²) in [4.78, 5) is 12.4. The average molecular weight is 425 g/mol. The number of halogens is 1. The lowest BCUT2D eigenvalue weighted by Crippen LogP contribution is -2.13. The predicted octanol–water partition coefficient (Wildman–Crippen LogP) is 4.73. The fourth-order valence-electron chi connectivity index (χ4n) is 2.01. The molecule has 0 aliphatic rings. The molecule has 2 rings (SSSR count). The number of benzene rings is 2. The standard InChI is InChI=1S/C18H20INO3/c1-3-4-11-23-16-10-9-13(12-17(16)22-2)18(21)20-15-8-6-5-7-14(15)19/h5-10,12H,3-4,11H2,1-2H3,(H,20,21). The molecule has 0 aliphatic carbocycles. The van der Waals surface area contributed by atoms with Gasteiger partial charge in [-0.1, -0.05) is 25.5 Å². The first-order valence-electron chi connectivity index (χ1n) is 7.52. The van der Waals surface area contributed by atoms with Crippen molar-refractivity contribution in [3.63, 3.8) is 0 Å². The third-order valence-electron chi connectivity index (χ3n) is 3.30. The summed E-state index contributed by atoms with van der Waals surface area (Å²) in [6.07, 6.45) is 2.05. The number of carbonyl (C=O) groups is 1. The largest absolute Gasteiger partial charge is 0.493 e. The van der Waals surface area contributed by atoms with E-state index in [1.807, 2.05) is 24.3 Å². The molecule has 1 amide bonds. The lowest BCUT2D eigenvalue weighted by Gasteiger charge is -2.12. The Hall–Kier alpha value is -1.76. The van der Waals surface area contributed by atoms with Crippen molar-refractivity contribution < 1.29 is 14.3 Å². The van der Waals surface area contributed by atoms with Gasteiger partial charge in [-0.25, -0.2) is 0 Å². The molecule has 5 heteroatoms. The zero-order valence-electron chi connectivity index (χ0n) is 13.3. The van der Waals surface area contributed by atoms with Gasteiger partial charge in [-0.15, -0.1) is 0 Å². The Morgan fingerprint density at radius 3 is 2.65 bits per heavy atom. The van der Waals surface area contributed by atoms with E-state index in [-0.39, 0.29) is 5.91 Å². The fraction of sp³-hybridized carbons (Fsp3) is 0.278. The number of hydrogen-bond acceptors (Lipinski definition) is 3. The van der Waals surface area contributed by atoms with Gasteiger partial charge in [-0.2, -0.15) is 0 Å². The summed E-state index contributed by atoms with van der Waals surface area (Å²) in [5.41, 5.74) is 1.32. The smallest absolute Gasteiger partial charge is 0.255 e. The number of nitrogens with one attached hydrogen (secondary N) is 1. The maximum Gasteiger partial charge on any atom is 0.255 e. The van der Waals surface area contributed by atoms with Crippen LogP contribution in [0.15, 0.2) is 42.5 Å². The van der Waals surface area contributed by atoms with Crippen molar-refractivity contribution in [2.24, 2.45) is 0 Å². The number of methoxy groups -OCH3 is 1. The van der Waals surface area contributed by atoms with Gasteiger partial charge in [0.25, 0.3) is 5.91 Å². The highest BCUT2D eigenvalue weighted by Crippen LogP contribution is 2.29. The first-order valence-corrected chi connectivity index (χ1v) is 8.60. The average Bonchev–Trinajstić information content (AvgIpc) is 2.57. The van der Waals surface area contributed by atoms with Gasteiger partial charge in [-0.3, -0.25) is 4.79 Å². The minimum Gasteiger partial charge on any atom is -0.493 e. The highest BCUT2D eigenvalue weighted by Gasteiger charge is 2.12. The molecule has 1 N–H and O–H groups in total. The summed E-state index contributed by atoms with van der Waals surface area (Å²) in [5.74, 6) is 1.05. The van der Waals surface area contributed by atoms with E-state index >= 15 is 0 Å². The highest BCUT2D eigenvalue weighted by atomic mass is 127. The summed E-state index contributed by atoms with van der Waals surface area (Å²) in [5, 5.41) is 2.91. The molecule has 0 unspecified atom stereocenters. The van der Waals surface area contributed by atoms with Crippen LogP contribution in [0.5, 0.6) is 11.5 Å². The van der Waals surface area contributed by atoms with Crippen molar-refractivity contribution in [1.82, 2.24) is 0 Å². The van der Waals surface area contributed by atoms with E-state index in [9.17, 15) is 4.79 Å². The van der Waals surface area contributed by atoms with Gasteiger partial charge < -0.3 is 14.8 Å². The minimum absolute atomic E-state index is 0.174. The second kappa shape index (κ2) is 8.76. The van der Waals surface area contributed by atoms with E-state index in [2.05, 4.69) is 34.8 Å². The molecule has 0 aliphatic heterocycles. The Labute approximate surface area is 150 Å². The molecule has 2 aromatic rings. The van der Waals surface area contributed by atoms with Crippen LogP contribution in [0, 0.1) is 3.57 Å². The number of anilines is 1. The monoisotopic (exact) mass is 425 g/mol. The second-order valence-electron chi connectivity index (χ2n) is 5.00. The van der Waals surface area contributed by atoms with Crippen LogP contribution >= 0.6 is 22.6 Å². The van der Waals surface area contributed by atoms with E-state index < -0.39 is 0 Å². The van der Waals surface area contributed by atoms with Crippen molar-refractivity contribution in [2.75, 3.05) is 19.0 Å². The molecule has 0 atom stereocenters. The summed E-state index contributed by atoms with van der Waals surface area (Å²) in [6.45, 7) is 2.75. The minimum atomic E-state index is -0.174. The van der Waals surface area contributed by atoms with Crippen LogP contribution < -0.4 is 14.8 Å². The molecule has 2 aromatic carbocycles. The molecule has 23 heavy (non-hydrogen) atoms. The number of amides is 1. The van der Waals surface area contributed by atoms with Gasteiger partial charge in [-0.05, 0) is 59.3 Å². The molecule has 0 bridgehead atoms. The summed E-state index contributed by atoms with van der Waals surface area (Å²) in [7, 11) is 1.57. The van der Waals surface area contributed by atoms with Crippen LogP contribution in [0.2, 0.25) is 0 Å². The van der Waals surface area contributed by atoms with Gasteiger partial charge in [0, 0.05) is 9.13 Å². The number of rotatable bonds is 7. The second-order valence-corrected chi connectivity index (χ2v) is 6.16. The Balaban J connectivity index is 2.13. The molecule has 0 fully saturated rings. The van der Waals surface area contributed by atoms with Crippen molar-refractivity contribution >= 4 is 34.2 Å². The van der Waals surface area contributed by atoms with Crippen molar-refractivity contribution in [1.29, 1.82) is 0 Å². The molecular formula is C18H20INO3. The van der Waals surface area contributed by atoms with Crippen LogP contribution in [0.3, 0.4) is 0 Å². The van der Waals surface area contributed by atoms with E-state index in [4.69, 9.17) is 9.47 Å². The molecular weight excluding hydrogens is 405 g/mol. The van der Waals surface area contributed by atoms with E-state index in [0.717, 1.165) is 22.1 Å². The van der Waals surface area contributed by atoms with E-state index in [1.54, 1.807) is 25.3 Å². The number of unbranched alkanes of at least 4 members (excludes halogenated alkanes) is 1. The quantitative estimate of drug-likeness (QED) is 0.516. The van der Waals surface area contributed by atoms with Crippen LogP contribution in [-0.4, -0.2) is 19.6 Å². The molecule has 0 aromatic heterocycles. The zero-order chi connectivity index (χ0) is 16.7. The van der Waals surface area contributed by atoms with Gasteiger partial charge >= 0.3 is 0 Å². The van der Waals surface area contributed by atoms with Gasteiger partial charge in [0.15, 0.2) is 11.5 Å². The Morgan fingerprint density at radius 2 is 1.96 bits per heavy atom. The van der Waals surface area contributed by atoms with Crippen LogP contribution in [0.25, 0.3) is 0 Å². The number of para-hydroxylation sites is 1. The summed E-state index contributed by atoms with van der Waals surface area (Å²) >= 11 is 2.19. The highest BCUT2D eigenvalue weighted by molar-refractivity contribution is 14.1. The number of ether oxygens (including phenoxy) is 2. The van der Waals surface area contributed by atoms with Crippen LogP contribution in [-0.2, 0) is 0 Å². The molecule has 122 valence electrons. The molecule has 0 heterocycles. The van der Waals surface area contributed by atoms with Crippen LogP contribution in [0.4, 0.5) is 5.69 Å². The van der Waals surface area contributed by atoms with Crippen molar-refractivity contribution in [2.45, 2.75) is 19.8 Å². The number of hydrogen-bond donors (Lipinski definition) is 1. The predicted molar refractivity (Wildman–Crippen MR) is 101 cm³/mol. The van der Waals surface area contributed by atoms with Crippen molar-refractivity contribution in [3.05, 3.63) is 51.6 Å². The Kier molecular flexibility index (Phi) is 6.70. The normalized spacial score (nSPS) is 10.2. The lowest BCUT2D eigenvalue weighted by molar-refractivity contribution is 0.102. The zero-order valence-corrected chi connectivity index (χ0v) is 15.4. The van der Waals surface area contributed by atoms with Gasteiger partial charge in [0.05, 0.1) is 19.4 Å². The first kappa shape index (κ1) is 17.6. The molecule has 4 nitrogen and oxygen atoms in total. The summed E-state index contributed by atoms with van der Waals surface area (Å²) < 4.78 is 12.0. The SMILES string of the molecule is CCCCOc1ccc(C(=O)Nc2ccccc2I)cc1OC. The third kappa shape index (κ3) is 4.86. The lowest BCUT2D eigenvalue weighted by atomic mass is 10.2. The first-order chi connectivity index (χ1) is 11.2. The maximum absolute atomic E-state index is 12.4. The van der Waals surface area contributed by atoms with Crippen LogP contribution in [0.1, 0.15) is 30.1 Å². The topological polar surface area (TPSA) is 47.6 Å². The Morgan fingerprint density at radius 1 is 1.17 bits per heavy atom.